The minimum Gasteiger partial charge on any atom is -0.328 e. The van der Waals surface area contributed by atoms with Crippen LogP contribution in [0, 0.1) is 6.92 Å². The third kappa shape index (κ3) is 2.47. The van der Waals surface area contributed by atoms with Gasteiger partial charge in [0.2, 0.25) is 0 Å². The zero-order valence-corrected chi connectivity index (χ0v) is 11.4. The molecule has 1 fully saturated rings. The fourth-order valence-electron chi connectivity index (χ4n) is 2.56. The maximum absolute atomic E-state index is 4.53. The molecule has 0 radical (unpaired) electrons. The molecule has 2 aromatic heterocycles. The minimum absolute atomic E-state index is 0.598. The van der Waals surface area contributed by atoms with E-state index in [9.17, 15) is 0 Å². The van der Waals surface area contributed by atoms with Crippen molar-refractivity contribution in [2.75, 3.05) is 13.1 Å². The van der Waals surface area contributed by atoms with Crippen LogP contribution in [0.2, 0.25) is 0 Å². The average molecular weight is 262 g/mol. The van der Waals surface area contributed by atoms with Gasteiger partial charge in [-0.1, -0.05) is 0 Å². The zero-order valence-electron chi connectivity index (χ0n) is 10.6. The Hall–Kier alpha value is -1.20. The minimum atomic E-state index is 0.598. The molecule has 1 saturated heterocycles. The molecular formula is C13H18N4S. The second kappa shape index (κ2) is 5.20. The fraction of sp³-hybridized carbons (Fsp3) is 0.538. The van der Waals surface area contributed by atoms with Crippen molar-refractivity contribution in [2.24, 2.45) is 0 Å². The molecule has 18 heavy (non-hydrogen) atoms. The molecule has 0 saturated carbocycles. The van der Waals surface area contributed by atoms with Gasteiger partial charge in [0.15, 0.2) is 0 Å². The van der Waals surface area contributed by atoms with Gasteiger partial charge < -0.3 is 9.88 Å². The Morgan fingerprint density at radius 3 is 3.22 bits per heavy atom. The van der Waals surface area contributed by atoms with E-state index in [0.29, 0.717) is 5.92 Å². The summed E-state index contributed by atoms with van der Waals surface area (Å²) in [5, 5.41) is 6.73. The normalized spacial score (nSPS) is 20.2. The van der Waals surface area contributed by atoms with Gasteiger partial charge >= 0.3 is 0 Å². The van der Waals surface area contributed by atoms with Gasteiger partial charge in [0.05, 0.1) is 23.6 Å². The fourth-order valence-corrected chi connectivity index (χ4v) is 3.17. The SMILES string of the molecule is Cc1nc(Cn2cncc2C2CCCNC2)cs1. The number of thiazole rings is 1. The van der Waals surface area contributed by atoms with Crippen LogP contribution in [0.4, 0.5) is 0 Å². The lowest BCUT2D eigenvalue weighted by Gasteiger charge is -2.23. The molecule has 1 aliphatic rings. The topological polar surface area (TPSA) is 42.7 Å². The third-order valence-electron chi connectivity index (χ3n) is 3.46. The molecule has 96 valence electrons. The predicted molar refractivity (Wildman–Crippen MR) is 73.0 cm³/mol. The van der Waals surface area contributed by atoms with Crippen molar-refractivity contribution in [1.29, 1.82) is 0 Å². The Morgan fingerprint density at radius 2 is 2.50 bits per heavy atom. The van der Waals surface area contributed by atoms with Gasteiger partial charge in [-0.15, -0.1) is 11.3 Å². The number of aromatic nitrogens is 3. The molecule has 2 aromatic rings. The second-order valence-corrected chi connectivity index (χ2v) is 5.91. The van der Waals surface area contributed by atoms with Crippen LogP contribution in [0.15, 0.2) is 17.9 Å². The molecule has 4 nitrogen and oxygen atoms in total. The number of hydrogen-bond donors (Lipinski definition) is 1. The molecule has 0 spiro atoms. The van der Waals surface area contributed by atoms with E-state index in [-0.39, 0.29) is 0 Å². The second-order valence-electron chi connectivity index (χ2n) is 4.85. The first kappa shape index (κ1) is 11.9. The lowest BCUT2D eigenvalue weighted by molar-refractivity contribution is 0.443. The summed E-state index contributed by atoms with van der Waals surface area (Å²) in [4.78, 5) is 8.84. The van der Waals surface area contributed by atoms with Gasteiger partial charge in [-0.2, -0.15) is 0 Å². The Balaban J connectivity index is 1.78. The van der Waals surface area contributed by atoms with E-state index in [4.69, 9.17) is 0 Å². The highest BCUT2D eigenvalue weighted by Crippen LogP contribution is 2.23. The summed E-state index contributed by atoms with van der Waals surface area (Å²) in [6.07, 6.45) is 6.45. The maximum atomic E-state index is 4.53. The molecule has 3 rings (SSSR count). The molecule has 0 amide bonds. The first-order chi connectivity index (χ1) is 8.83. The van der Waals surface area contributed by atoms with E-state index in [2.05, 4.69) is 25.2 Å². The summed E-state index contributed by atoms with van der Waals surface area (Å²) in [6, 6.07) is 0. The molecule has 0 aromatic carbocycles. The number of piperidine rings is 1. The van der Waals surface area contributed by atoms with Crippen LogP contribution in [0.3, 0.4) is 0 Å². The molecule has 3 heterocycles. The lowest BCUT2D eigenvalue weighted by Crippen LogP contribution is -2.29. The molecule has 1 atom stereocenters. The van der Waals surface area contributed by atoms with Crippen LogP contribution in [0.1, 0.15) is 35.2 Å². The van der Waals surface area contributed by atoms with Crippen molar-refractivity contribution in [3.05, 3.63) is 34.3 Å². The first-order valence-corrected chi connectivity index (χ1v) is 7.32. The largest absolute Gasteiger partial charge is 0.328 e. The van der Waals surface area contributed by atoms with Gasteiger partial charge in [-0.3, -0.25) is 0 Å². The monoisotopic (exact) mass is 262 g/mol. The number of hydrogen-bond acceptors (Lipinski definition) is 4. The van der Waals surface area contributed by atoms with Crippen LogP contribution in [0.5, 0.6) is 0 Å². The number of imidazole rings is 1. The molecular weight excluding hydrogens is 244 g/mol. The molecule has 1 aliphatic heterocycles. The van der Waals surface area contributed by atoms with Crippen molar-refractivity contribution >= 4 is 11.3 Å². The quantitative estimate of drug-likeness (QED) is 0.922. The van der Waals surface area contributed by atoms with Gasteiger partial charge in [-0.25, -0.2) is 9.97 Å². The van der Waals surface area contributed by atoms with Crippen LogP contribution in [0.25, 0.3) is 0 Å². The Morgan fingerprint density at radius 1 is 1.56 bits per heavy atom. The number of nitrogens with zero attached hydrogens (tertiary/aromatic N) is 3. The summed E-state index contributed by atoms with van der Waals surface area (Å²) >= 11 is 1.71. The summed E-state index contributed by atoms with van der Waals surface area (Å²) in [5.41, 5.74) is 2.48. The average Bonchev–Trinajstić information content (AvgIpc) is 3.00. The van der Waals surface area contributed by atoms with E-state index in [1.54, 1.807) is 11.3 Å². The molecule has 1 unspecified atom stereocenters. The smallest absolute Gasteiger partial charge is 0.0951 e. The van der Waals surface area contributed by atoms with Gasteiger partial charge in [-0.05, 0) is 26.3 Å². The number of rotatable bonds is 3. The Kier molecular flexibility index (Phi) is 3.43. The Bertz CT molecular complexity index is 511. The van der Waals surface area contributed by atoms with E-state index < -0.39 is 0 Å². The lowest BCUT2D eigenvalue weighted by atomic mass is 9.96. The van der Waals surface area contributed by atoms with E-state index in [1.165, 1.54) is 18.5 Å². The van der Waals surface area contributed by atoms with Crippen molar-refractivity contribution in [3.8, 4) is 0 Å². The van der Waals surface area contributed by atoms with Gasteiger partial charge in [0, 0.05) is 29.7 Å². The van der Waals surface area contributed by atoms with Crippen LogP contribution in [-0.4, -0.2) is 27.6 Å². The highest BCUT2D eigenvalue weighted by molar-refractivity contribution is 7.09. The predicted octanol–water partition coefficient (Wildman–Crippen LogP) is 2.16. The van der Waals surface area contributed by atoms with Gasteiger partial charge in [0.1, 0.15) is 0 Å². The summed E-state index contributed by atoms with van der Waals surface area (Å²) in [5.74, 6) is 0.598. The highest BCUT2D eigenvalue weighted by Gasteiger charge is 2.18. The summed E-state index contributed by atoms with van der Waals surface area (Å²) < 4.78 is 2.24. The summed E-state index contributed by atoms with van der Waals surface area (Å²) in [6.45, 7) is 5.11. The van der Waals surface area contributed by atoms with Crippen LogP contribution < -0.4 is 5.32 Å². The molecule has 1 N–H and O–H groups in total. The van der Waals surface area contributed by atoms with E-state index in [0.717, 1.165) is 30.3 Å². The molecule has 0 bridgehead atoms. The van der Waals surface area contributed by atoms with Crippen LogP contribution in [-0.2, 0) is 6.54 Å². The maximum Gasteiger partial charge on any atom is 0.0951 e. The third-order valence-corrected chi connectivity index (χ3v) is 4.28. The summed E-state index contributed by atoms with van der Waals surface area (Å²) in [7, 11) is 0. The standard InChI is InChI=1S/C13H18N4S/c1-10-16-12(8-18-10)7-17-9-15-6-13(17)11-3-2-4-14-5-11/h6,8-9,11,14H,2-5,7H2,1H3. The Labute approximate surface area is 111 Å². The van der Waals surface area contributed by atoms with Crippen LogP contribution >= 0.6 is 11.3 Å². The molecule has 5 heteroatoms. The molecule has 0 aliphatic carbocycles. The zero-order chi connectivity index (χ0) is 12.4. The van der Waals surface area contributed by atoms with Gasteiger partial charge in [0.25, 0.3) is 0 Å². The van der Waals surface area contributed by atoms with E-state index in [1.807, 2.05) is 19.4 Å². The van der Waals surface area contributed by atoms with Crippen molar-refractivity contribution in [2.45, 2.75) is 32.2 Å². The number of nitrogens with one attached hydrogen (secondary N) is 1. The highest BCUT2D eigenvalue weighted by atomic mass is 32.1. The first-order valence-electron chi connectivity index (χ1n) is 6.44. The van der Waals surface area contributed by atoms with Crippen molar-refractivity contribution in [1.82, 2.24) is 19.9 Å². The van der Waals surface area contributed by atoms with Crippen molar-refractivity contribution in [3.63, 3.8) is 0 Å². The van der Waals surface area contributed by atoms with E-state index >= 15 is 0 Å². The number of aryl methyl sites for hydroxylation is 1. The van der Waals surface area contributed by atoms with Crippen molar-refractivity contribution < 1.29 is 0 Å².